The zero-order valence-electron chi connectivity index (χ0n) is 11.8. The third-order valence-corrected chi connectivity index (χ3v) is 4.57. The van der Waals surface area contributed by atoms with Crippen LogP contribution in [0.3, 0.4) is 0 Å². The zero-order chi connectivity index (χ0) is 15.5. The molecule has 0 radical (unpaired) electrons. The van der Waals surface area contributed by atoms with Crippen LogP contribution in [0.1, 0.15) is 16.7 Å². The van der Waals surface area contributed by atoms with Crippen LogP contribution >= 0.6 is 10.7 Å². The van der Waals surface area contributed by atoms with Gasteiger partial charge in [-0.2, -0.15) is 0 Å². The Bertz CT molecular complexity index is 730. The summed E-state index contributed by atoms with van der Waals surface area (Å²) in [5.41, 5.74) is 2.41. The van der Waals surface area contributed by atoms with Gasteiger partial charge in [0.25, 0.3) is 9.05 Å². The van der Waals surface area contributed by atoms with Crippen molar-refractivity contribution in [1.29, 1.82) is 0 Å². The van der Waals surface area contributed by atoms with E-state index in [-0.39, 0.29) is 4.90 Å². The number of benzene rings is 1. The van der Waals surface area contributed by atoms with Crippen molar-refractivity contribution in [3.05, 3.63) is 53.3 Å². The van der Waals surface area contributed by atoms with Crippen molar-refractivity contribution in [2.24, 2.45) is 0 Å². The maximum atomic E-state index is 11.4. The molecule has 1 aromatic carbocycles. The van der Waals surface area contributed by atoms with Crippen LogP contribution in [0.25, 0.3) is 0 Å². The van der Waals surface area contributed by atoms with Crippen molar-refractivity contribution in [1.82, 2.24) is 4.98 Å². The van der Waals surface area contributed by atoms with Crippen molar-refractivity contribution in [3.63, 3.8) is 0 Å². The molecule has 0 aliphatic rings. The fourth-order valence-corrected chi connectivity index (χ4v) is 3.27. The summed E-state index contributed by atoms with van der Waals surface area (Å²) in [6.45, 7) is 3.99. The minimum absolute atomic E-state index is 0.126. The highest BCUT2D eigenvalue weighted by atomic mass is 35.7. The maximum absolute atomic E-state index is 11.4. The molecular formula is C15H16ClNO3S. The Morgan fingerprint density at radius 2 is 2.00 bits per heavy atom. The first kappa shape index (κ1) is 15.8. The van der Waals surface area contributed by atoms with E-state index in [2.05, 4.69) is 4.98 Å². The van der Waals surface area contributed by atoms with Gasteiger partial charge in [0.2, 0.25) is 0 Å². The minimum Gasteiger partial charge on any atom is -0.493 e. The molecule has 0 aliphatic heterocycles. The molecule has 2 aromatic rings. The Hall–Kier alpha value is -1.59. The molecule has 0 atom stereocenters. The normalized spacial score (nSPS) is 11.4. The molecule has 4 nitrogen and oxygen atoms in total. The van der Waals surface area contributed by atoms with E-state index in [4.69, 9.17) is 15.4 Å². The predicted octanol–water partition coefficient (Wildman–Crippen LogP) is 3.25. The molecule has 2 rings (SSSR count). The highest BCUT2D eigenvalue weighted by Crippen LogP contribution is 2.27. The lowest BCUT2D eigenvalue weighted by Crippen LogP contribution is -2.04. The molecule has 21 heavy (non-hydrogen) atoms. The Balaban J connectivity index is 2.09. The number of rotatable bonds is 5. The largest absolute Gasteiger partial charge is 0.493 e. The lowest BCUT2D eigenvalue weighted by atomic mass is 10.1. The van der Waals surface area contributed by atoms with Gasteiger partial charge in [-0.05, 0) is 48.7 Å². The fraction of sp³-hybridized carbons (Fsp3) is 0.267. The van der Waals surface area contributed by atoms with Crippen molar-refractivity contribution >= 4 is 19.7 Å². The Kier molecular flexibility index (Phi) is 4.85. The molecule has 1 aromatic heterocycles. The molecule has 0 aliphatic carbocycles. The maximum Gasteiger partial charge on any atom is 0.261 e. The van der Waals surface area contributed by atoms with Crippen LogP contribution < -0.4 is 4.74 Å². The summed E-state index contributed by atoms with van der Waals surface area (Å²) in [6, 6.07) is 7.10. The number of nitrogens with zero attached hydrogens (tertiary/aromatic N) is 1. The Morgan fingerprint density at radius 1 is 1.24 bits per heavy atom. The van der Waals surface area contributed by atoms with E-state index in [1.807, 2.05) is 12.1 Å². The van der Waals surface area contributed by atoms with Gasteiger partial charge in [0.1, 0.15) is 5.75 Å². The first-order valence-corrected chi connectivity index (χ1v) is 8.76. The molecule has 0 N–H and O–H groups in total. The molecule has 0 saturated carbocycles. The second-order valence-corrected chi connectivity index (χ2v) is 7.32. The molecule has 0 bridgehead atoms. The minimum atomic E-state index is -3.73. The smallest absolute Gasteiger partial charge is 0.261 e. The van der Waals surface area contributed by atoms with Gasteiger partial charge in [-0.25, -0.2) is 8.42 Å². The molecule has 0 unspecified atom stereocenters. The van der Waals surface area contributed by atoms with E-state index < -0.39 is 9.05 Å². The second kappa shape index (κ2) is 6.45. The fourth-order valence-electron chi connectivity index (χ4n) is 2.01. The van der Waals surface area contributed by atoms with Crippen LogP contribution in [0.5, 0.6) is 5.75 Å². The Morgan fingerprint density at radius 3 is 2.62 bits per heavy atom. The molecule has 1 heterocycles. The lowest BCUT2D eigenvalue weighted by Gasteiger charge is -2.12. The van der Waals surface area contributed by atoms with E-state index in [9.17, 15) is 8.42 Å². The Labute approximate surface area is 129 Å². The van der Waals surface area contributed by atoms with Gasteiger partial charge < -0.3 is 4.74 Å². The predicted molar refractivity (Wildman–Crippen MR) is 82.4 cm³/mol. The molecule has 0 saturated heterocycles. The van der Waals surface area contributed by atoms with Crippen LogP contribution in [-0.4, -0.2) is 20.0 Å². The molecule has 0 spiro atoms. The van der Waals surface area contributed by atoms with E-state index in [1.165, 1.54) is 6.07 Å². The van der Waals surface area contributed by atoms with Gasteiger partial charge >= 0.3 is 0 Å². The number of pyridine rings is 1. The van der Waals surface area contributed by atoms with Crippen LogP contribution in [-0.2, 0) is 15.5 Å². The number of aryl methyl sites for hydroxylation is 2. The number of halogens is 1. The number of hydrogen-bond donors (Lipinski definition) is 0. The van der Waals surface area contributed by atoms with Gasteiger partial charge in [0, 0.05) is 29.5 Å². The van der Waals surface area contributed by atoms with Crippen molar-refractivity contribution in [2.45, 2.75) is 25.2 Å². The van der Waals surface area contributed by atoms with E-state index in [1.54, 1.807) is 32.3 Å². The summed E-state index contributed by atoms with van der Waals surface area (Å²) in [7, 11) is 1.67. The highest BCUT2D eigenvalue weighted by molar-refractivity contribution is 8.13. The summed E-state index contributed by atoms with van der Waals surface area (Å²) in [4.78, 5) is 4.17. The van der Waals surface area contributed by atoms with Crippen molar-refractivity contribution < 1.29 is 13.2 Å². The standard InChI is InChI=1S/C15H16ClNO3S/c1-11-9-15(21(16,18)19)12(2)8-14(11)20-7-5-13-4-3-6-17-10-13/h3-4,6,8-10H,5,7H2,1-2H3. The second-order valence-electron chi connectivity index (χ2n) is 4.78. The van der Waals surface area contributed by atoms with Crippen LogP contribution in [0, 0.1) is 13.8 Å². The topological polar surface area (TPSA) is 56.3 Å². The highest BCUT2D eigenvalue weighted by Gasteiger charge is 2.16. The van der Waals surface area contributed by atoms with Gasteiger partial charge in [0.05, 0.1) is 11.5 Å². The van der Waals surface area contributed by atoms with Crippen molar-refractivity contribution in [2.75, 3.05) is 6.61 Å². The molecule has 112 valence electrons. The molecular weight excluding hydrogens is 310 g/mol. The zero-order valence-corrected chi connectivity index (χ0v) is 13.4. The number of hydrogen-bond acceptors (Lipinski definition) is 4. The van der Waals surface area contributed by atoms with Crippen LogP contribution in [0.2, 0.25) is 0 Å². The average molecular weight is 326 g/mol. The summed E-state index contributed by atoms with van der Waals surface area (Å²) in [5.74, 6) is 0.667. The third kappa shape index (κ3) is 4.19. The quantitative estimate of drug-likeness (QED) is 0.792. The lowest BCUT2D eigenvalue weighted by molar-refractivity contribution is 0.319. The molecule has 0 amide bonds. The van der Waals surface area contributed by atoms with Crippen LogP contribution in [0.4, 0.5) is 0 Å². The van der Waals surface area contributed by atoms with Crippen molar-refractivity contribution in [3.8, 4) is 5.75 Å². The molecule has 0 fully saturated rings. The van der Waals surface area contributed by atoms with E-state index >= 15 is 0 Å². The van der Waals surface area contributed by atoms with Gasteiger partial charge in [-0.3, -0.25) is 4.98 Å². The average Bonchev–Trinajstić information content (AvgIpc) is 2.42. The number of aromatic nitrogens is 1. The van der Waals surface area contributed by atoms with E-state index in [0.717, 1.165) is 17.5 Å². The van der Waals surface area contributed by atoms with Gasteiger partial charge in [-0.15, -0.1) is 0 Å². The first-order valence-electron chi connectivity index (χ1n) is 6.45. The summed E-state index contributed by atoms with van der Waals surface area (Å²) in [5, 5.41) is 0. The molecule has 6 heteroatoms. The summed E-state index contributed by atoms with van der Waals surface area (Å²) in [6.07, 6.45) is 4.26. The van der Waals surface area contributed by atoms with E-state index in [0.29, 0.717) is 17.9 Å². The SMILES string of the molecule is Cc1cc(S(=O)(=O)Cl)c(C)cc1OCCc1cccnc1. The monoisotopic (exact) mass is 325 g/mol. The number of ether oxygens (including phenoxy) is 1. The van der Waals surface area contributed by atoms with Gasteiger partial charge in [0.15, 0.2) is 0 Å². The van der Waals surface area contributed by atoms with Gasteiger partial charge in [-0.1, -0.05) is 6.07 Å². The third-order valence-electron chi connectivity index (χ3n) is 3.11. The summed E-state index contributed by atoms with van der Waals surface area (Å²) >= 11 is 0. The summed E-state index contributed by atoms with van der Waals surface area (Å²) < 4.78 is 28.6. The van der Waals surface area contributed by atoms with Crippen LogP contribution in [0.15, 0.2) is 41.6 Å². The first-order chi connectivity index (χ1) is 9.88.